The van der Waals surface area contributed by atoms with Gasteiger partial charge in [-0.3, -0.25) is 9.59 Å². The van der Waals surface area contributed by atoms with Crippen LogP contribution in [0.3, 0.4) is 0 Å². The summed E-state index contributed by atoms with van der Waals surface area (Å²) in [4.78, 5) is 42.4. The molecule has 3 amide bonds. The zero-order valence-electron chi connectivity index (χ0n) is 22.5. The van der Waals surface area contributed by atoms with Crippen LogP contribution in [0.5, 0.6) is 0 Å². The van der Waals surface area contributed by atoms with E-state index in [1.54, 1.807) is 32.9 Å². The minimum Gasteiger partial charge on any atom is -0.444 e. The number of pyridine rings is 1. The van der Waals surface area contributed by atoms with Crippen molar-refractivity contribution in [2.24, 2.45) is 17.8 Å². The van der Waals surface area contributed by atoms with Crippen molar-refractivity contribution in [2.75, 3.05) is 5.32 Å². The van der Waals surface area contributed by atoms with Gasteiger partial charge in [0.25, 0.3) is 0 Å². The lowest BCUT2D eigenvalue weighted by molar-refractivity contribution is -0.144. The van der Waals surface area contributed by atoms with E-state index in [2.05, 4.69) is 27.9 Å². The largest absolute Gasteiger partial charge is 0.444 e. The number of alkyl halides is 3. The lowest BCUT2D eigenvalue weighted by Gasteiger charge is -2.33. The third-order valence-electron chi connectivity index (χ3n) is 6.93. The number of carbonyl (C=O) groups is 3. The van der Waals surface area contributed by atoms with Gasteiger partial charge in [0, 0.05) is 12.6 Å². The highest BCUT2D eigenvalue weighted by Gasteiger charge is 2.36. The summed E-state index contributed by atoms with van der Waals surface area (Å²) in [5, 5.41) is 8.26. The Morgan fingerprint density at radius 1 is 1.03 bits per heavy atom. The molecule has 11 heteroatoms. The maximum atomic E-state index is 13.4. The van der Waals surface area contributed by atoms with Crippen LogP contribution in [0.15, 0.2) is 18.3 Å². The molecule has 0 aliphatic heterocycles. The second-order valence-corrected chi connectivity index (χ2v) is 11.6. The molecule has 0 saturated heterocycles. The minimum atomic E-state index is -4.40. The van der Waals surface area contributed by atoms with E-state index in [1.807, 2.05) is 0 Å². The summed E-state index contributed by atoms with van der Waals surface area (Å²) >= 11 is 0. The van der Waals surface area contributed by atoms with Gasteiger partial charge in [-0.2, -0.15) is 13.2 Å². The molecule has 3 N–H and O–H groups in total. The van der Waals surface area contributed by atoms with Crippen molar-refractivity contribution >= 4 is 23.7 Å². The maximum Gasteiger partial charge on any atom is 0.408 e. The first-order valence-corrected chi connectivity index (χ1v) is 13.3. The van der Waals surface area contributed by atoms with Crippen molar-refractivity contribution in [2.45, 2.75) is 103 Å². The van der Waals surface area contributed by atoms with Crippen LogP contribution in [-0.2, 0) is 14.3 Å². The van der Waals surface area contributed by atoms with Gasteiger partial charge in [-0.25, -0.2) is 9.78 Å². The fraction of sp³-hybridized carbons (Fsp3) is 0.704. The Kier molecular flexibility index (Phi) is 9.64. The molecule has 212 valence electrons. The Morgan fingerprint density at radius 3 is 2.24 bits per heavy atom. The van der Waals surface area contributed by atoms with E-state index in [4.69, 9.17) is 4.74 Å². The van der Waals surface area contributed by atoms with Crippen LogP contribution >= 0.6 is 0 Å². The van der Waals surface area contributed by atoms with Gasteiger partial charge in [0.1, 0.15) is 17.5 Å². The molecule has 0 aromatic carbocycles. The predicted octanol–water partition coefficient (Wildman–Crippen LogP) is 5.65. The van der Waals surface area contributed by atoms with Gasteiger partial charge in [0.2, 0.25) is 11.8 Å². The summed E-state index contributed by atoms with van der Waals surface area (Å²) < 4.78 is 43.0. The van der Waals surface area contributed by atoms with Gasteiger partial charge >= 0.3 is 12.3 Å². The number of amides is 3. The molecule has 8 nitrogen and oxygen atoms in total. The molecule has 3 rings (SSSR count). The zero-order chi connectivity index (χ0) is 28.1. The SMILES string of the molecule is CC1CCC([C@H](NC(=O)OC(C)(C)C)C(=O)Nc2cc(C(NC(=O)CCC(F)(F)F)C3CC3)ccn2)CC1. The molecule has 1 heterocycles. The van der Waals surface area contributed by atoms with E-state index in [-0.39, 0.29) is 17.7 Å². The van der Waals surface area contributed by atoms with Gasteiger partial charge in [-0.05, 0) is 81.9 Å². The standard InChI is InChI=1S/C27H39F3N4O4/c1-16-5-7-18(8-6-16)23(34-25(37)38-26(2,3)4)24(36)32-20-15-19(12-14-31-20)22(17-9-10-17)33-21(35)11-13-27(28,29)30/h12,14-18,22-23H,5-11,13H2,1-4H3,(H,33,35)(H,34,37)(H,31,32,36)/t16?,18?,22?,23-/m0/s1. The number of hydrogen-bond donors (Lipinski definition) is 3. The van der Waals surface area contributed by atoms with Crippen molar-refractivity contribution in [3.63, 3.8) is 0 Å². The van der Waals surface area contributed by atoms with Crippen LogP contribution in [0.4, 0.5) is 23.8 Å². The smallest absolute Gasteiger partial charge is 0.408 e. The van der Waals surface area contributed by atoms with Crippen molar-refractivity contribution in [1.29, 1.82) is 0 Å². The number of halogens is 3. The van der Waals surface area contributed by atoms with Gasteiger partial charge in [-0.1, -0.05) is 19.8 Å². The van der Waals surface area contributed by atoms with E-state index < -0.39 is 54.6 Å². The van der Waals surface area contributed by atoms with Crippen LogP contribution in [0.25, 0.3) is 0 Å². The summed E-state index contributed by atoms with van der Waals surface area (Å²) in [5.41, 5.74) is -0.0638. The number of rotatable bonds is 9. The third-order valence-corrected chi connectivity index (χ3v) is 6.93. The molecule has 0 spiro atoms. The monoisotopic (exact) mass is 540 g/mol. The second kappa shape index (κ2) is 12.3. The van der Waals surface area contributed by atoms with E-state index in [0.29, 0.717) is 11.5 Å². The summed E-state index contributed by atoms with van der Waals surface area (Å²) in [6.07, 6.45) is -0.238. The van der Waals surface area contributed by atoms with E-state index in [9.17, 15) is 27.6 Å². The first kappa shape index (κ1) is 29.7. The van der Waals surface area contributed by atoms with Crippen LogP contribution < -0.4 is 16.0 Å². The van der Waals surface area contributed by atoms with Crippen molar-refractivity contribution in [3.05, 3.63) is 23.9 Å². The summed E-state index contributed by atoms with van der Waals surface area (Å²) in [5.74, 6) is -0.244. The fourth-order valence-electron chi connectivity index (χ4n) is 4.77. The molecule has 38 heavy (non-hydrogen) atoms. The molecular weight excluding hydrogens is 501 g/mol. The average Bonchev–Trinajstić information content (AvgIpc) is 3.64. The second-order valence-electron chi connectivity index (χ2n) is 11.6. The average molecular weight is 541 g/mol. The molecule has 1 aromatic rings. The van der Waals surface area contributed by atoms with Crippen molar-refractivity contribution < 1.29 is 32.3 Å². The van der Waals surface area contributed by atoms with Crippen LogP contribution in [-0.4, -0.2) is 40.7 Å². The number of alkyl carbamates (subject to hydrolysis) is 1. The normalized spacial score (nSPS) is 21.7. The highest BCUT2D eigenvalue weighted by Crippen LogP contribution is 2.41. The van der Waals surface area contributed by atoms with Crippen molar-refractivity contribution in [1.82, 2.24) is 15.6 Å². The number of hydrogen-bond acceptors (Lipinski definition) is 5. The molecule has 0 radical (unpaired) electrons. The topological polar surface area (TPSA) is 109 Å². The lowest BCUT2D eigenvalue weighted by Crippen LogP contribution is -2.50. The van der Waals surface area contributed by atoms with Crippen molar-refractivity contribution in [3.8, 4) is 0 Å². The number of nitrogens with zero attached hydrogens (tertiary/aromatic N) is 1. The Labute approximate surface area is 221 Å². The van der Waals surface area contributed by atoms with Gasteiger partial charge < -0.3 is 20.7 Å². The van der Waals surface area contributed by atoms with E-state index in [0.717, 1.165) is 38.5 Å². The quantitative estimate of drug-likeness (QED) is 0.375. The summed E-state index contributed by atoms with van der Waals surface area (Å²) in [7, 11) is 0. The summed E-state index contributed by atoms with van der Waals surface area (Å²) in [6, 6.07) is 2.02. The molecule has 1 unspecified atom stereocenters. The van der Waals surface area contributed by atoms with E-state index >= 15 is 0 Å². The lowest BCUT2D eigenvalue weighted by atomic mass is 9.79. The maximum absolute atomic E-state index is 13.4. The third kappa shape index (κ3) is 9.79. The Bertz CT molecular complexity index is 983. The zero-order valence-corrected chi connectivity index (χ0v) is 22.5. The van der Waals surface area contributed by atoms with Crippen LogP contribution in [0.1, 0.15) is 90.7 Å². The molecule has 2 aliphatic carbocycles. The number of aromatic nitrogens is 1. The predicted molar refractivity (Wildman–Crippen MR) is 136 cm³/mol. The Hall–Kier alpha value is -2.85. The molecule has 1 aromatic heterocycles. The minimum absolute atomic E-state index is 0.0611. The number of ether oxygens (including phenoxy) is 1. The first-order chi connectivity index (χ1) is 17.7. The Balaban J connectivity index is 1.71. The van der Waals surface area contributed by atoms with Gasteiger partial charge in [-0.15, -0.1) is 0 Å². The molecule has 2 saturated carbocycles. The highest BCUT2D eigenvalue weighted by molar-refractivity contribution is 5.96. The van der Waals surface area contributed by atoms with Gasteiger partial charge in [0.15, 0.2) is 0 Å². The first-order valence-electron chi connectivity index (χ1n) is 13.3. The Morgan fingerprint density at radius 2 is 1.66 bits per heavy atom. The molecule has 2 atom stereocenters. The van der Waals surface area contributed by atoms with Crippen LogP contribution in [0.2, 0.25) is 0 Å². The van der Waals surface area contributed by atoms with E-state index in [1.165, 1.54) is 6.20 Å². The fourth-order valence-corrected chi connectivity index (χ4v) is 4.77. The molecular formula is C27H39F3N4O4. The van der Waals surface area contributed by atoms with Crippen LogP contribution in [0, 0.1) is 17.8 Å². The molecule has 2 aliphatic rings. The number of nitrogens with one attached hydrogen (secondary N) is 3. The highest BCUT2D eigenvalue weighted by atomic mass is 19.4. The molecule has 0 bridgehead atoms. The summed E-state index contributed by atoms with van der Waals surface area (Å²) in [6.45, 7) is 7.41. The number of carbonyl (C=O) groups excluding carboxylic acids is 3. The number of anilines is 1. The molecule has 2 fully saturated rings. The van der Waals surface area contributed by atoms with Gasteiger partial charge in [0.05, 0.1) is 12.5 Å².